The highest BCUT2D eigenvalue weighted by Gasteiger charge is 2.45. The molecular formula is C24H23N5O2. The van der Waals surface area contributed by atoms with Gasteiger partial charge in [-0.05, 0) is 51.0 Å². The van der Waals surface area contributed by atoms with Gasteiger partial charge in [-0.25, -0.2) is 9.97 Å². The maximum atomic E-state index is 13.2. The molecule has 31 heavy (non-hydrogen) atoms. The van der Waals surface area contributed by atoms with Crippen molar-refractivity contribution in [2.75, 3.05) is 18.0 Å². The fourth-order valence-corrected chi connectivity index (χ4v) is 4.19. The van der Waals surface area contributed by atoms with Gasteiger partial charge in [-0.1, -0.05) is 6.07 Å². The molecule has 1 saturated heterocycles. The van der Waals surface area contributed by atoms with Crippen molar-refractivity contribution in [1.29, 1.82) is 0 Å². The molecule has 7 heteroatoms. The monoisotopic (exact) mass is 413 g/mol. The molecule has 0 bridgehead atoms. The van der Waals surface area contributed by atoms with Crippen molar-refractivity contribution >= 4 is 23.1 Å². The Kier molecular flexibility index (Phi) is 4.36. The average Bonchev–Trinajstić information content (AvgIpc) is 2.92. The lowest BCUT2D eigenvalue weighted by Crippen LogP contribution is -2.43. The van der Waals surface area contributed by atoms with Crippen molar-refractivity contribution in [3.8, 4) is 11.1 Å². The smallest absolute Gasteiger partial charge is 0.255 e. The van der Waals surface area contributed by atoms with Crippen LogP contribution in [-0.4, -0.2) is 50.2 Å². The molecule has 0 spiro atoms. The summed E-state index contributed by atoms with van der Waals surface area (Å²) in [6.07, 6.45) is 7.90. The Morgan fingerprint density at radius 3 is 2.42 bits per heavy atom. The van der Waals surface area contributed by atoms with Gasteiger partial charge in [0.1, 0.15) is 11.4 Å². The first-order valence-corrected chi connectivity index (χ1v) is 10.4. The number of anilines is 2. The molecule has 0 saturated carbocycles. The largest absolute Gasteiger partial charge is 0.338 e. The summed E-state index contributed by atoms with van der Waals surface area (Å²) in [6, 6.07) is 7.60. The fourth-order valence-electron chi connectivity index (χ4n) is 4.19. The number of nitrogens with zero attached hydrogens (tertiary/aromatic N) is 5. The second kappa shape index (κ2) is 6.97. The van der Waals surface area contributed by atoms with Gasteiger partial charge >= 0.3 is 0 Å². The van der Waals surface area contributed by atoms with Gasteiger partial charge in [0, 0.05) is 42.8 Å². The first kappa shape index (κ1) is 19.4. The van der Waals surface area contributed by atoms with Gasteiger partial charge < -0.3 is 9.80 Å². The molecule has 5 rings (SSSR count). The van der Waals surface area contributed by atoms with E-state index in [1.54, 1.807) is 24.8 Å². The van der Waals surface area contributed by atoms with E-state index in [9.17, 15) is 9.59 Å². The van der Waals surface area contributed by atoms with E-state index in [2.05, 4.69) is 15.0 Å². The van der Waals surface area contributed by atoms with Crippen LogP contribution in [0.3, 0.4) is 0 Å². The Hall–Kier alpha value is -3.61. The van der Waals surface area contributed by atoms with Crippen LogP contribution in [0.15, 0.2) is 49.1 Å². The molecule has 156 valence electrons. The number of hydrogen-bond donors (Lipinski definition) is 0. The minimum atomic E-state index is -0.801. The minimum Gasteiger partial charge on any atom is -0.338 e. The molecule has 0 unspecified atom stereocenters. The number of pyridine rings is 1. The van der Waals surface area contributed by atoms with Crippen LogP contribution in [-0.2, 0) is 0 Å². The molecule has 0 N–H and O–H groups in total. The van der Waals surface area contributed by atoms with Gasteiger partial charge in [0.25, 0.3) is 5.91 Å². The molecule has 0 radical (unpaired) electrons. The number of rotatable bonds is 3. The standard InChI is InChI=1S/C24H23N5O2/c1-15-26-12-18(13-27-15)16-5-6-20-21(10-16)29(24(2,3)22(20)30)19-9-17(11-25-14-19)23(31)28-7-4-8-28/h5-6,9-14H,4,7-8H2,1-3H3. The predicted molar refractivity (Wildman–Crippen MR) is 118 cm³/mol. The van der Waals surface area contributed by atoms with Crippen LogP contribution in [0, 0.1) is 6.92 Å². The maximum absolute atomic E-state index is 13.2. The van der Waals surface area contributed by atoms with E-state index in [4.69, 9.17) is 0 Å². The van der Waals surface area contributed by atoms with Gasteiger partial charge in [0.2, 0.25) is 0 Å². The predicted octanol–water partition coefficient (Wildman–Crippen LogP) is 3.81. The number of hydrogen-bond acceptors (Lipinski definition) is 6. The topological polar surface area (TPSA) is 79.3 Å². The molecule has 3 aromatic rings. The van der Waals surface area contributed by atoms with Gasteiger partial charge in [0.15, 0.2) is 5.78 Å². The van der Waals surface area contributed by atoms with Crippen molar-refractivity contribution < 1.29 is 9.59 Å². The second-order valence-electron chi connectivity index (χ2n) is 8.55. The Morgan fingerprint density at radius 2 is 1.74 bits per heavy atom. The summed E-state index contributed by atoms with van der Waals surface area (Å²) in [4.78, 5) is 42.6. The van der Waals surface area contributed by atoms with E-state index in [1.165, 1.54) is 0 Å². The zero-order chi connectivity index (χ0) is 21.8. The number of fused-ring (bicyclic) bond motifs is 1. The lowest BCUT2D eigenvalue weighted by atomic mass is 9.96. The maximum Gasteiger partial charge on any atom is 0.255 e. The normalized spacial score (nSPS) is 16.8. The number of carbonyl (C=O) groups excluding carboxylic acids is 2. The van der Waals surface area contributed by atoms with Crippen LogP contribution in [0.25, 0.3) is 11.1 Å². The number of Topliss-reactive ketones (excluding diaryl/α,β-unsaturated/α-hetero) is 1. The number of aromatic nitrogens is 3. The van der Waals surface area contributed by atoms with Crippen LogP contribution in [0.5, 0.6) is 0 Å². The Labute approximate surface area is 180 Å². The lowest BCUT2D eigenvalue weighted by molar-refractivity contribution is 0.0651. The number of aryl methyl sites for hydroxylation is 1. The van der Waals surface area contributed by atoms with Crippen molar-refractivity contribution in [2.45, 2.75) is 32.7 Å². The quantitative estimate of drug-likeness (QED) is 0.650. The average molecular weight is 413 g/mol. The molecule has 0 atom stereocenters. The van der Waals surface area contributed by atoms with Crippen LogP contribution in [0.2, 0.25) is 0 Å². The number of ketones is 1. The highest BCUT2D eigenvalue weighted by molar-refractivity contribution is 6.16. The fraction of sp³-hybridized carbons (Fsp3) is 0.292. The highest BCUT2D eigenvalue weighted by Crippen LogP contribution is 2.45. The number of likely N-dealkylation sites (tertiary alicyclic amines) is 1. The number of amides is 1. The van der Waals surface area contributed by atoms with Crippen LogP contribution < -0.4 is 4.90 Å². The Bertz CT molecular complexity index is 1200. The molecule has 7 nitrogen and oxygen atoms in total. The van der Waals surface area contributed by atoms with Gasteiger partial charge in [-0.15, -0.1) is 0 Å². The zero-order valence-corrected chi connectivity index (χ0v) is 17.8. The molecule has 2 aliphatic heterocycles. The van der Waals surface area contributed by atoms with Gasteiger partial charge in [-0.3, -0.25) is 14.6 Å². The summed E-state index contributed by atoms with van der Waals surface area (Å²) in [5.41, 5.74) is 3.72. The molecule has 2 aliphatic rings. The second-order valence-corrected chi connectivity index (χ2v) is 8.55. The minimum absolute atomic E-state index is 0.0188. The molecule has 1 aromatic carbocycles. The molecule has 1 fully saturated rings. The summed E-state index contributed by atoms with van der Waals surface area (Å²) in [5.74, 6) is 0.723. The highest BCUT2D eigenvalue weighted by atomic mass is 16.2. The van der Waals surface area contributed by atoms with Gasteiger partial charge in [-0.2, -0.15) is 0 Å². The number of benzene rings is 1. The SMILES string of the molecule is Cc1ncc(-c2ccc3c(c2)N(c2cncc(C(=O)N4CCC4)c2)C(C)(C)C3=O)cn1. The van der Waals surface area contributed by atoms with Crippen molar-refractivity contribution in [1.82, 2.24) is 19.9 Å². The first-order valence-electron chi connectivity index (χ1n) is 10.4. The number of carbonyl (C=O) groups is 2. The molecule has 1 amide bonds. The molecule has 0 aliphatic carbocycles. The zero-order valence-electron chi connectivity index (χ0n) is 17.8. The molecular weight excluding hydrogens is 390 g/mol. The van der Waals surface area contributed by atoms with Crippen molar-refractivity contribution in [2.24, 2.45) is 0 Å². The van der Waals surface area contributed by atoms with E-state index in [1.807, 2.05) is 54.8 Å². The Balaban J connectivity index is 1.60. The summed E-state index contributed by atoms with van der Waals surface area (Å²) in [5, 5.41) is 0. The molecule has 2 aromatic heterocycles. The van der Waals surface area contributed by atoms with Crippen LogP contribution >= 0.6 is 0 Å². The van der Waals surface area contributed by atoms with Crippen molar-refractivity contribution in [3.05, 3.63) is 66.0 Å². The first-order chi connectivity index (χ1) is 14.9. The third kappa shape index (κ3) is 3.08. The van der Waals surface area contributed by atoms with E-state index in [0.717, 1.165) is 42.0 Å². The third-order valence-electron chi connectivity index (χ3n) is 6.08. The van der Waals surface area contributed by atoms with Crippen molar-refractivity contribution in [3.63, 3.8) is 0 Å². The molecule has 4 heterocycles. The summed E-state index contributed by atoms with van der Waals surface area (Å²) >= 11 is 0. The van der Waals surface area contributed by atoms with E-state index in [-0.39, 0.29) is 11.7 Å². The van der Waals surface area contributed by atoms with E-state index < -0.39 is 5.54 Å². The van der Waals surface area contributed by atoms with E-state index in [0.29, 0.717) is 17.0 Å². The summed E-state index contributed by atoms with van der Waals surface area (Å²) in [7, 11) is 0. The Morgan fingerprint density at radius 1 is 1.00 bits per heavy atom. The summed E-state index contributed by atoms with van der Waals surface area (Å²) in [6.45, 7) is 7.20. The van der Waals surface area contributed by atoms with E-state index >= 15 is 0 Å². The van der Waals surface area contributed by atoms with Gasteiger partial charge in [0.05, 0.1) is 23.1 Å². The summed E-state index contributed by atoms with van der Waals surface area (Å²) < 4.78 is 0. The lowest BCUT2D eigenvalue weighted by Gasteiger charge is -2.34. The van der Waals surface area contributed by atoms with Crippen LogP contribution in [0.4, 0.5) is 11.4 Å². The third-order valence-corrected chi connectivity index (χ3v) is 6.08. The van der Waals surface area contributed by atoms with Crippen LogP contribution in [0.1, 0.15) is 46.8 Å².